The summed E-state index contributed by atoms with van der Waals surface area (Å²) in [5.74, 6) is -0.951. The zero-order chi connectivity index (χ0) is 21.2. The van der Waals surface area contributed by atoms with Gasteiger partial charge in [-0.05, 0) is 44.5 Å². The van der Waals surface area contributed by atoms with Gasteiger partial charge in [0.1, 0.15) is 0 Å². The van der Waals surface area contributed by atoms with Crippen molar-refractivity contribution in [3.8, 4) is 0 Å². The minimum absolute atomic E-state index is 0.144. The summed E-state index contributed by atoms with van der Waals surface area (Å²) < 4.78 is 5.28. The third-order valence-corrected chi connectivity index (χ3v) is 5.08. The van der Waals surface area contributed by atoms with Gasteiger partial charge in [-0.2, -0.15) is 0 Å². The molecule has 0 radical (unpaired) electrons. The summed E-state index contributed by atoms with van der Waals surface area (Å²) in [6.07, 6.45) is -0.0896. The number of amides is 2. The topological polar surface area (TPSA) is 84.5 Å². The molecule has 7 heteroatoms. The van der Waals surface area contributed by atoms with Gasteiger partial charge in [0.25, 0.3) is 5.91 Å². The fourth-order valence-electron chi connectivity index (χ4n) is 2.41. The van der Waals surface area contributed by atoms with E-state index < -0.39 is 12.1 Å². The lowest BCUT2D eigenvalue weighted by molar-refractivity contribution is -0.129. The van der Waals surface area contributed by atoms with Crippen LogP contribution in [0.25, 0.3) is 0 Å². The minimum Gasteiger partial charge on any atom is -0.449 e. The van der Waals surface area contributed by atoms with E-state index in [9.17, 15) is 14.4 Å². The lowest BCUT2D eigenvalue weighted by Crippen LogP contribution is -2.36. The van der Waals surface area contributed by atoms with Crippen molar-refractivity contribution in [2.24, 2.45) is 0 Å². The number of ether oxygens (including phenoxy) is 1. The van der Waals surface area contributed by atoms with Crippen LogP contribution in [0.5, 0.6) is 0 Å². The third kappa shape index (κ3) is 7.27. The molecule has 0 heterocycles. The second kappa shape index (κ2) is 11.3. The van der Waals surface area contributed by atoms with Gasteiger partial charge in [0.15, 0.2) is 6.10 Å². The number of carbonyl (C=O) groups is 3. The highest BCUT2D eigenvalue weighted by Crippen LogP contribution is 2.24. The predicted molar refractivity (Wildman–Crippen MR) is 115 cm³/mol. The normalized spacial score (nSPS) is 11.4. The molecule has 0 saturated carbocycles. The minimum atomic E-state index is -0.892. The zero-order valence-electron chi connectivity index (χ0n) is 16.9. The van der Waals surface area contributed by atoms with Crippen LogP contribution in [0.2, 0.25) is 0 Å². The molecule has 154 valence electrons. The van der Waals surface area contributed by atoms with E-state index in [4.69, 9.17) is 4.74 Å². The molecule has 0 aromatic heterocycles. The largest absolute Gasteiger partial charge is 0.449 e. The molecule has 0 fully saturated rings. The summed E-state index contributed by atoms with van der Waals surface area (Å²) >= 11 is 1.24. The van der Waals surface area contributed by atoms with E-state index in [2.05, 4.69) is 10.6 Å². The molecular formula is C22H26N2O4S. The SMILES string of the molecule is CCCNC(=O)[C@@H](C)OC(=O)c1ccccc1SCC(=O)Nc1ccc(C)cc1. The Labute approximate surface area is 175 Å². The Bertz CT molecular complexity index is 852. The van der Waals surface area contributed by atoms with Crippen LogP contribution in [0, 0.1) is 6.92 Å². The van der Waals surface area contributed by atoms with Crippen molar-refractivity contribution in [3.05, 3.63) is 59.7 Å². The van der Waals surface area contributed by atoms with E-state index in [0.717, 1.165) is 17.7 Å². The Morgan fingerprint density at radius 1 is 1.07 bits per heavy atom. The van der Waals surface area contributed by atoms with E-state index in [0.29, 0.717) is 17.0 Å². The summed E-state index contributed by atoms with van der Waals surface area (Å²) in [6.45, 7) is 5.99. The van der Waals surface area contributed by atoms with Crippen LogP contribution in [0.1, 0.15) is 36.2 Å². The molecule has 1 atom stereocenters. The maximum Gasteiger partial charge on any atom is 0.340 e. The summed E-state index contributed by atoms with van der Waals surface area (Å²) in [5, 5.41) is 5.52. The van der Waals surface area contributed by atoms with Gasteiger partial charge in [-0.1, -0.05) is 36.8 Å². The maximum atomic E-state index is 12.5. The molecule has 0 unspecified atom stereocenters. The van der Waals surface area contributed by atoms with Crippen molar-refractivity contribution in [1.82, 2.24) is 5.32 Å². The zero-order valence-corrected chi connectivity index (χ0v) is 17.7. The fourth-order valence-corrected chi connectivity index (χ4v) is 3.25. The van der Waals surface area contributed by atoms with Crippen molar-refractivity contribution >= 4 is 35.2 Å². The standard InChI is InChI=1S/C22H26N2O4S/c1-4-13-23-21(26)16(3)28-22(27)18-7-5-6-8-19(18)29-14-20(25)24-17-11-9-15(2)10-12-17/h5-12,16H,4,13-14H2,1-3H3,(H,23,26)(H,24,25)/t16-/m1/s1. The van der Waals surface area contributed by atoms with Crippen LogP contribution in [-0.4, -0.2) is 36.2 Å². The molecule has 0 aliphatic heterocycles. The van der Waals surface area contributed by atoms with Crippen LogP contribution >= 0.6 is 11.8 Å². The number of hydrogen-bond acceptors (Lipinski definition) is 5. The first kappa shape index (κ1) is 22.5. The average Bonchev–Trinajstić information content (AvgIpc) is 2.72. The van der Waals surface area contributed by atoms with Gasteiger partial charge in [-0.3, -0.25) is 9.59 Å². The molecule has 2 aromatic carbocycles. The van der Waals surface area contributed by atoms with Crippen LogP contribution in [0.4, 0.5) is 5.69 Å². The number of aryl methyl sites for hydroxylation is 1. The first-order valence-electron chi connectivity index (χ1n) is 9.47. The summed E-state index contributed by atoms with van der Waals surface area (Å²) in [7, 11) is 0. The summed E-state index contributed by atoms with van der Waals surface area (Å²) in [4.78, 5) is 37.3. The van der Waals surface area contributed by atoms with Crippen LogP contribution < -0.4 is 10.6 Å². The Morgan fingerprint density at radius 3 is 2.45 bits per heavy atom. The highest BCUT2D eigenvalue weighted by molar-refractivity contribution is 8.00. The Hall–Kier alpha value is -2.80. The molecule has 0 saturated heterocycles. The number of esters is 1. The molecule has 0 aliphatic rings. The summed E-state index contributed by atoms with van der Waals surface area (Å²) in [5.41, 5.74) is 2.17. The molecule has 0 spiro atoms. The molecule has 0 bridgehead atoms. The first-order chi connectivity index (χ1) is 13.9. The van der Waals surface area contributed by atoms with Crippen molar-refractivity contribution in [2.75, 3.05) is 17.6 Å². The van der Waals surface area contributed by atoms with Gasteiger partial charge in [0.05, 0.1) is 11.3 Å². The smallest absolute Gasteiger partial charge is 0.340 e. The van der Waals surface area contributed by atoms with E-state index in [1.165, 1.54) is 18.7 Å². The van der Waals surface area contributed by atoms with Crippen LogP contribution in [0.15, 0.2) is 53.4 Å². The van der Waals surface area contributed by atoms with E-state index in [-0.39, 0.29) is 17.6 Å². The Balaban J connectivity index is 1.95. The Morgan fingerprint density at radius 2 is 1.76 bits per heavy atom. The van der Waals surface area contributed by atoms with Crippen molar-refractivity contribution in [3.63, 3.8) is 0 Å². The monoisotopic (exact) mass is 414 g/mol. The highest BCUT2D eigenvalue weighted by atomic mass is 32.2. The van der Waals surface area contributed by atoms with Crippen molar-refractivity contribution in [1.29, 1.82) is 0 Å². The van der Waals surface area contributed by atoms with Crippen molar-refractivity contribution in [2.45, 2.75) is 38.2 Å². The van der Waals surface area contributed by atoms with Crippen LogP contribution in [-0.2, 0) is 14.3 Å². The van der Waals surface area contributed by atoms with Crippen molar-refractivity contribution < 1.29 is 19.1 Å². The second-order valence-electron chi connectivity index (χ2n) is 6.54. The molecule has 2 amide bonds. The van der Waals surface area contributed by atoms with Gasteiger partial charge in [0.2, 0.25) is 5.91 Å². The predicted octanol–water partition coefficient (Wildman–Crippen LogP) is 3.80. The second-order valence-corrected chi connectivity index (χ2v) is 7.55. The van der Waals surface area contributed by atoms with Gasteiger partial charge >= 0.3 is 5.97 Å². The molecule has 2 aromatic rings. The van der Waals surface area contributed by atoms with Gasteiger partial charge in [-0.15, -0.1) is 11.8 Å². The lowest BCUT2D eigenvalue weighted by atomic mass is 10.2. The van der Waals surface area contributed by atoms with Crippen LogP contribution in [0.3, 0.4) is 0 Å². The number of thioether (sulfide) groups is 1. The molecule has 2 N–H and O–H groups in total. The molecule has 0 aliphatic carbocycles. The lowest BCUT2D eigenvalue weighted by Gasteiger charge is -2.14. The highest BCUT2D eigenvalue weighted by Gasteiger charge is 2.20. The Kier molecular flexibility index (Phi) is 8.73. The number of nitrogens with one attached hydrogen (secondary N) is 2. The average molecular weight is 415 g/mol. The fraction of sp³-hybridized carbons (Fsp3) is 0.318. The number of benzene rings is 2. The van der Waals surface area contributed by atoms with E-state index in [1.54, 1.807) is 24.3 Å². The van der Waals surface area contributed by atoms with E-state index >= 15 is 0 Å². The third-order valence-electron chi connectivity index (χ3n) is 4.00. The molecular weight excluding hydrogens is 388 g/mol. The number of carbonyl (C=O) groups excluding carboxylic acids is 3. The molecule has 29 heavy (non-hydrogen) atoms. The number of rotatable bonds is 9. The number of hydrogen-bond donors (Lipinski definition) is 2. The quantitative estimate of drug-likeness (QED) is 0.482. The summed E-state index contributed by atoms with van der Waals surface area (Å²) in [6, 6.07) is 14.4. The van der Waals surface area contributed by atoms with Gasteiger partial charge < -0.3 is 15.4 Å². The molecule has 2 rings (SSSR count). The maximum absolute atomic E-state index is 12.5. The van der Waals surface area contributed by atoms with E-state index in [1.807, 2.05) is 38.1 Å². The first-order valence-corrected chi connectivity index (χ1v) is 10.5. The molecule has 6 nitrogen and oxygen atoms in total. The van der Waals surface area contributed by atoms with Gasteiger partial charge in [-0.25, -0.2) is 4.79 Å². The van der Waals surface area contributed by atoms with Gasteiger partial charge in [0, 0.05) is 17.1 Å². The number of anilines is 1.